The average molecular weight is 356 g/mol. The van der Waals surface area contributed by atoms with Crippen LogP contribution in [0.25, 0.3) is 5.57 Å². The summed E-state index contributed by atoms with van der Waals surface area (Å²) in [5.74, 6) is -0.0722. The van der Waals surface area contributed by atoms with Crippen LogP contribution in [0.3, 0.4) is 0 Å². The Hall–Kier alpha value is -2.51. The number of hydrogen-bond donors (Lipinski definition) is 1. The van der Waals surface area contributed by atoms with E-state index >= 15 is 0 Å². The maximum absolute atomic E-state index is 14.1. The normalized spacial score (nSPS) is 15.0. The molecule has 1 aliphatic rings. The molecule has 0 spiro atoms. The summed E-state index contributed by atoms with van der Waals surface area (Å²) in [5, 5.41) is 9.45. The van der Waals surface area contributed by atoms with Crippen molar-refractivity contribution in [3.05, 3.63) is 64.9 Å². The van der Waals surface area contributed by atoms with E-state index in [1.807, 2.05) is 6.07 Å². The lowest BCUT2D eigenvalue weighted by atomic mass is 9.85. The van der Waals surface area contributed by atoms with Crippen molar-refractivity contribution in [1.29, 1.82) is 5.26 Å². The van der Waals surface area contributed by atoms with Gasteiger partial charge in [-0.25, -0.2) is 4.39 Å². The Morgan fingerprint density at radius 2 is 1.96 bits per heavy atom. The number of nitrogens with two attached hydrogens (primary N) is 1. The van der Waals surface area contributed by atoms with Crippen LogP contribution in [0.5, 0.6) is 0 Å². The van der Waals surface area contributed by atoms with Crippen LogP contribution in [-0.4, -0.2) is 13.1 Å². The number of halogens is 2. The van der Waals surface area contributed by atoms with Crippen molar-refractivity contribution in [3.63, 3.8) is 0 Å². The molecule has 0 atom stereocenters. The highest BCUT2D eigenvalue weighted by Crippen LogP contribution is 2.35. The number of rotatable bonds is 3. The number of nitrogens with zero attached hydrogens (tertiary/aromatic N) is 2. The Bertz CT molecular complexity index is 849. The van der Waals surface area contributed by atoms with Gasteiger partial charge in [0.15, 0.2) is 0 Å². The smallest absolute Gasteiger partial charge is 0.130 e. The van der Waals surface area contributed by atoms with E-state index in [2.05, 4.69) is 17.5 Å². The molecular formula is C20H19ClFN3. The molecule has 0 bridgehead atoms. The molecule has 0 unspecified atom stereocenters. The minimum absolute atomic E-state index is 0.212. The summed E-state index contributed by atoms with van der Waals surface area (Å²) in [7, 11) is 0. The second kappa shape index (κ2) is 7.16. The van der Waals surface area contributed by atoms with Crippen LogP contribution >= 0.6 is 11.6 Å². The van der Waals surface area contributed by atoms with Gasteiger partial charge in [-0.15, -0.1) is 0 Å². The highest BCUT2D eigenvalue weighted by atomic mass is 35.5. The minimum Gasteiger partial charge on any atom is -0.397 e. The van der Waals surface area contributed by atoms with Crippen LogP contribution in [0.4, 0.5) is 15.8 Å². The molecule has 0 saturated carbocycles. The first-order valence-corrected chi connectivity index (χ1v) is 8.56. The zero-order valence-corrected chi connectivity index (χ0v) is 14.6. The molecule has 25 heavy (non-hydrogen) atoms. The summed E-state index contributed by atoms with van der Waals surface area (Å²) in [4.78, 5) is 2.20. The maximum atomic E-state index is 14.1. The molecule has 3 nitrogen and oxygen atoms in total. The first kappa shape index (κ1) is 17.3. The van der Waals surface area contributed by atoms with Gasteiger partial charge in [0.25, 0.3) is 0 Å². The third kappa shape index (κ3) is 3.62. The van der Waals surface area contributed by atoms with Gasteiger partial charge in [-0.3, -0.25) is 0 Å². The topological polar surface area (TPSA) is 53.0 Å². The second-order valence-electron chi connectivity index (χ2n) is 6.30. The molecule has 3 rings (SSSR count). The molecule has 0 aliphatic carbocycles. The van der Waals surface area contributed by atoms with E-state index < -0.39 is 0 Å². The Balaban J connectivity index is 1.71. The largest absolute Gasteiger partial charge is 0.397 e. The van der Waals surface area contributed by atoms with E-state index in [0.717, 1.165) is 37.2 Å². The summed E-state index contributed by atoms with van der Waals surface area (Å²) in [6, 6.07) is 12.0. The lowest BCUT2D eigenvalue weighted by molar-refractivity contribution is 0.489. The molecule has 2 aromatic carbocycles. The van der Waals surface area contributed by atoms with Crippen LogP contribution < -0.4 is 10.6 Å². The zero-order valence-electron chi connectivity index (χ0n) is 13.8. The van der Waals surface area contributed by atoms with Crippen LogP contribution in [-0.2, 0) is 0 Å². The molecule has 0 amide bonds. The summed E-state index contributed by atoms with van der Waals surface area (Å²) in [6.07, 6.45) is 1.73. The lowest BCUT2D eigenvalue weighted by Gasteiger charge is -2.35. The van der Waals surface area contributed by atoms with E-state index in [1.165, 1.54) is 6.07 Å². The second-order valence-corrected chi connectivity index (χ2v) is 6.73. The number of piperidine rings is 1. The van der Waals surface area contributed by atoms with Crippen molar-refractivity contribution in [2.45, 2.75) is 12.8 Å². The summed E-state index contributed by atoms with van der Waals surface area (Å²) >= 11 is 5.99. The number of hydrogen-bond acceptors (Lipinski definition) is 3. The van der Waals surface area contributed by atoms with Gasteiger partial charge in [0.1, 0.15) is 5.82 Å². The van der Waals surface area contributed by atoms with Gasteiger partial charge < -0.3 is 10.6 Å². The monoisotopic (exact) mass is 355 g/mol. The number of anilines is 2. The fourth-order valence-electron chi connectivity index (χ4n) is 3.34. The van der Waals surface area contributed by atoms with Crippen molar-refractivity contribution in [3.8, 4) is 6.07 Å². The molecule has 0 radical (unpaired) electrons. The molecule has 1 saturated heterocycles. The van der Waals surface area contributed by atoms with Crippen molar-refractivity contribution in [2.75, 3.05) is 23.7 Å². The van der Waals surface area contributed by atoms with Crippen LogP contribution in [0.1, 0.15) is 24.0 Å². The number of allylic oxidation sites excluding steroid dienone is 1. The lowest BCUT2D eigenvalue weighted by Crippen LogP contribution is -2.34. The van der Waals surface area contributed by atoms with Gasteiger partial charge in [0.2, 0.25) is 0 Å². The summed E-state index contributed by atoms with van der Waals surface area (Å²) in [5.41, 5.74) is 9.48. The summed E-state index contributed by atoms with van der Waals surface area (Å²) < 4.78 is 14.1. The molecule has 1 aliphatic heterocycles. The maximum Gasteiger partial charge on any atom is 0.130 e. The first-order chi connectivity index (χ1) is 12.0. The number of benzene rings is 2. The van der Waals surface area contributed by atoms with Crippen molar-refractivity contribution >= 4 is 28.5 Å². The minimum atomic E-state index is -0.284. The third-order valence-corrected chi connectivity index (χ3v) is 4.99. The Labute approximate surface area is 152 Å². The molecular weight excluding hydrogens is 337 g/mol. The predicted molar refractivity (Wildman–Crippen MR) is 101 cm³/mol. The SMILES string of the molecule is C=C(c1cc(Cl)ccc1F)C1CCN(c2ccc(C#N)cc2N)CC1. The van der Waals surface area contributed by atoms with Crippen LogP contribution in [0.2, 0.25) is 5.02 Å². The molecule has 128 valence electrons. The van der Waals surface area contributed by atoms with Crippen LogP contribution in [0, 0.1) is 23.1 Å². The van der Waals surface area contributed by atoms with E-state index in [4.69, 9.17) is 22.6 Å². The summed E-state index contributed by atoms with van der Waals surface area (Å²) in [6.45, 7) is 5.73. The van der Waals surface area contributed by atoms with E-state index in [-0.39, 0.29) is 11.7 Å². The fraction of sp³-hybridized carbons (Fsp3) is 0.250. The average Bonchev–Trinajstić information content (AvgIpc) is 2.63. The highest BCUT2D eigenvalue weighted by Gasteiger charge is 2.24. The number of nitrogen functional groups attached to an aromatic ring is 1. The molecule has 5 heteroatoms. The predicted octanol–water partition coefficient (Wildman–Crippen LogP) is 4.86. The molecule has 1 fully saturated rings. The quantitative estimate of drug-likeness (QED) is 0.800. The van der Waals surface area contributed by atoms with Crippen LogP contribution in [0.15, 0.2) is 43.0 Å². The fourth-order valence-corrected chi connectivity index (χ4v) is 3.52. The van der Waals surface area contributed by atoms with Gasteiger partial charge in [-0.05, 0) is 60.7 Å². The van der Waals surface area contributed by atoms with Gasteiger partial charge in [0.05, 0.1) is 23.0 Å². The molecule has 2 N–H and O–H groups in total. The van der Waals surface area contributed by atoms with Crippen molar-refractivity contribution < 1.29 is 4.39 Å². The Morgan fingerprint density at radius 3 is 2.60 bits per heavy atom. The van der Waals surface area contributed by atoms with Gasteiger partial charge in [-0.1, -0.05) is 18.2 Å². The molecule has 0 aromatic heterocycles. The van der Waals surface area contributed by atoms with E-state index in [0.29, 0.717) is 21.8 Å². The van der Waals surface area contributed by atoms with Crippen molar-refractivity contribution in [1.82, 2.24) is 0 Å². The van der Waals surface area contributed by atoms with Gasteiger partial charge in [-0.2, -0.15) is 5.26 Å². The first-order valence-electron chi connectivity index (χ1n) is 8.18. The standard InChI is InChI=1S/C20H19ClFN3/c1-13(17-11-16(21)3-4-18(17)22)15-6-8-25(9-7-15)20-5-2-14(12-23)10-19(20)24/h2-5,10-11,15H,1,6-9,24H2. The Kier molecular flexibility index (Phi) is 4.96. The third-order valence-electron chi connectivity index (χ3n) is 4.76. The highest BCUT2D eigenvalue weighted by molar-refractivity contribution is 6.30. The van der Waals surface area contributed by atoms with Crippen molar-refractivity contribution in [2.24, 2.45) is 5.92 Å². The van der Waals surface area contributed by atoms with E-state index in [1.54, 1.807) is 24.3 Å². The number of nitriles is 1. The van der Waals surface area contributed by atoms with Gasteiger partial charge >= 0.3 is 0 Å². The zero-order chi connectivity index (χ0) is 18.0. The molecule has 2 aromatic rings. The Morgan fingerprint density at radius 1 is 1.24 bits per heavy atom. The van der Waals surface area contributed by atoms with E-state index in [9.17, 15) is 4.39 Å². The molecule has 1 heterocycles. The van der Waals surface area contributed by atoms with Gasteiger partial charge in [0, 0.05) is 23.7 Å².